The molecule has 1 aromatic heterocycles. The molecule has 1 saturated heterocycles. The summed E-state index contributed by atoms with van der Waals surface area (Å²) in [4.78, 5) is 6.92. The lowest BCUT2D eigenvalue weighted by molar-refractivity contribution is 0.0524. The molecular weight excluding hydrogens is 340 g/mol. The monoisotopic (exact) mass is 366 g/mol. The van der Waals surface area contributed by atoms with Crippen LogP contribution in [0.2, 0.25) is 0 Å². The van der Waals surface area contributed by atoms with Crippen LogP contribution in [-0.4, -0.2) is 55.0 Å². The molecular formula is C22H26N2O3. The summed E-state index contributed by atoms with van der Waals surface area (Å²) in [5, 5.41) is 10.0. The van der Waals surface area contributed by atoms with Crippen LogP contribution in [0.5, 0.6) is 0 Å². The van der Waals surface area contributed by atoms with Gasteiger partial charge in [0.2, 0.25) is 0 Å². The zero-order valence-corrected chi connectivity index (χ0v) is 15.9. The number of aliphatic hydroxyl groups is 1. The molecule has 1 atom stereocenters. The lowest BCUT2D eigenvalue weighted by Crippen LogP contribution is -2.36. The van der Waals surface area contributed by atoms with Crippen LogP contribution in [0, 0.1) is 0 Å². The van der Waals surface area contributed by atoms with Gasteiger partial charge in [-0.1, -0.05) is 18.2 Å². The van der Waals surface area contributed by atoms with E-state index >= 15 is 0 Å². The molecule has 1 aliphatic heterocycles. The number of pyridine rings is 1. The average molecular weight is 366 g/mol. The lowest BCUT2D eigenvalue weighted by atomic mass is 9.93. The Kier molecular flexibility index (Phi) is 5.25. The maximum Gasteiger partial charge on any atom is 0.119 e. The van der Waals surface area contributed by atoms with E-state index < -0.39 is 6.10 Å². The Hall–Kier alpha value is -2.21. The van der Waals surface area contributed by atoms with E-state index in [1.807, 2.05) is 18.3 Å². The highest BCUT2D eigenvalue weighted by Gasteiger charge is 2.27. The molecule has 5 nitrogen and oxygen atoms in total. The van der Waals surface area contributed by atoms with Crippen molar-refractivity contribution >= 4 is 5.57 Å². The van der Waals surface area contributed by atoms with Crippen LogP contribution >= 0.6 is 0 Å². The van der Waals surface area contributed by atoms with E-state index in [0.717, 1.165) is 38.3 Å². The molecule has 1 unspecified atom stereocenters. The molecule has 142 valence electrons. The van der Waals surface area contributed by atoms with Gasteiger partial charge in [0.15, 0.2) is 0 Å². The minimum Gasteiger partial charge on any atom is -0.384 e. The van der Waals surface area contributed by atoms with Crippen molar-refractivity contribution in [2.24, 2.45) is 0 Å². The van der Waals surface area contributed by atoms with Crippen molar-refractivity contribution in [2.45, 2.75) is 19.4 Å². The molecule has 0 radical (unpaired) electrons. The molecule has 1 fully saturated rings. The van der Waals surface area contributed by atoms with Gasteiger partial charge in [-0.25, -0.2) is 0 Å². The Morgan fingerprint density at radius 2 is 2.07 bits per heavy atom. The SMILES string of the molecule is COCC(O)c1ccc(C2=C3C=CCC(N4CCOCC4)=C3C=C2C)cn1. The fraction of sp³-hybridized carbons (Fsp3) is 0.409. The molecule has 0 bridgehead atoms. The van der Waals surface area contributed by atoms with E-state index in [2.05, 4.69) is 35.0 Å². The van der Waals surface area contributed by atoms with Crippen molar-refractivity contribution in [1.29, 1.82) is 0 Å². The van der Waals surface area contributed by atoms with Crippen molar-refractivity contribution in [2.75, 3.05) is 40.0 Å². The van der Waals surface area contributed by atoms with Gasteiger partial charge < -0.3 is 19.5 Å². The van der Waals surface area contributed by atoms with Gasteiger partial charge in [-0.15, -0.1) is 0 Å². The molecule has 0 spiro atoms. The third-order valence-corrected chi connectivity index (χ3v) is 5.36. The van der Waals surface area contributed by atoms with Crippen molar-refractivity contribution < 1.29 is 14.6 Å². The number of methoxy groups -OCH3 is 1. The molecule has 5 heteroatoms. The summed E-state index contributed by atoms with van der Waals surface area (Å²) in [6.45, 7) is 5.91. The predicted molar refractivity (Wildman–Crippen MR) is 105 cm³/mol. The van der Waals surface area contributed by atoms with Gasteiger partial charge in [0.25, 0.3) is 0 Å². The van der Waals surface area contributed by atoms with Gasteiger partial charge in [0.1, 0.15) is 6.10 Å². The van der Waals surface area contributed by atoms with E-state index in [-0.39, 0.29) is 6.61 Å². The number of nitrogens with zero attached hydrogens (tertiary/aromatic N) is 2. The number of ether oxygens (including phenoxy) is 2. The molecule has 2 heterocycles. The molecule has 0 aromatic carbocycles. The molecule has 4 rings (SSSR count). The van der Waals surface area contributed by atoms with Gasteiger partial charge in [0, 0.05) is 49.7 Å². The predicted octanol–water partition coefficient (Wildman–Crippen LogP) is 3.02. The van der Waals surface area contributed by atoms with E-state index in [9.17, 15) is 5.11 Å². The van der Waals surface area contributed by atoms with E-state index in [1.165, 1.54) is 28.0 Å². The van der Waals surface area contributed by atoms with Crippen LogP contribution < -0.4 is 0 Å². The molecule has 27 heavy (non-hydrogen) atoms. The Morgan fingerprint density at radius 3 is 2.78 bits per heavy atom. The number of hydrogen-bond donors (Lipinski definition) is 1. The first-order valence-corrected chi connectivity index (χ1v) is 9.48. The van der Waals surface area contributed by atoms with Crippen LogP contribution in [0.25, 0.3) is 5.57 Å². The van der Waals surface area contributed by atoms with Gasteiger partial charge in [-0.05, 0) is 35.8 Å². The number of hydrogen-bond acceptors (Lipinski definition) is 5. The number of fused-ring (bicyclic) bond motifs is 1. The summed E-state index contributed by atoms with van der Waals surface area (Å²) < 4.78 is 10.5. The minimum atomic E-state index is -0.695. The number of aliphatic hydroxyl groups excluding tert-OH is 1. The summed E-state index contributed by atoms with van der Waals surface area (Å²) in [5.74, 6) is 0. The topological polar surface area (TPSA) is 54.8 Å². The summed E-state index contributed by atoms with van der Waals surface area (Å²) in [5.41, 5.74) is 8.19. The van der Waals surface area contributed by atoms with Crippen molar-refractivity contribution in [3.8, 4) is 0 Å². The second-order valence-corrected chi connectivity index (χ2v) is 7.13. The second kappa shape index (κ2) is 7.80. The Morgan fingerprint density at radius 1 is 1.26 bits per heavy atom. The third kappa shape index (κ3) is 3.50. The van der Waals surface area contributed by atoms with Crippen LogP contribution in [0.4, 0.5) is 0 Å². The molecule has 1 N–H and O–H groups in total. The Labute approximate surface area is 160 Å². The standard InChI is InChI=1S/C22H26N2O3/c1-15-12-18-17(4-3-5-20(18)24-8-10-27-11-9-24)22(15)16-6-7-19(23-13-16)21(25)14-26-2/h3-4,6-7,12-13,21,25H,5,8-11,14H2,1-2H3. The van der Waals surface area contributed by atoms with Crippen molar-refractivity contribution in [3.63, 3.8) is 0 Å². The smallest absolute Gasteiger partial charge is 0.119 e. The van der Waals surface area contributed by atoms with Gasteiger partial charge in [0.05, 0.1) is 25.5 Å². The van der Waals surface area contributed by atoms with E-state index in [1.54, 1.807) is 7.11 Å². The van der Waals surface area contributed by atoms with Gasteiger partial charge in [-0.2, -0.15) is 0 Å². The van der Waals surface area contributed by atoms with Crippen molar-refractivity contribution in [1.82, 2.24) is 9.88 Å². The highest BCUT2D eigenvalue weighted by atomic mass is 16.5. The Bertz CT molecular complexity index is 828. The lowest BCUT2D eigenvalue weighted by Gasteiger charge is -2.33. The van der Waals surface area contributed by atoms with Crippen LogP contribution in [0.15, 0.2) is 59.0 Å². The zero-order chi connectivity index (χ0) is 18.8. The van der Waals surface area contributed by atoms with Crippen molar-refractivity contribution in [3.05, 3.63) is 70.2 Å². The third-order valence-electron chi connectivity index (χ3n) is 5.36. The maximum atomic E-state index is 10.0. The molecule has 0 saturated carbocycles. The fourth-order valence-electron chi connectivity index (χ4n) is 4.03. The number of rotatable bonds is 5. The molecule has 0 amide bonds. The summed E-state index contributed by atoms with van der Waals surface area (Å²) in [7, 11) is 1.58. The minimum absolute atomic E-state index is 0.248. The zero-order valence-electron chi connectivity index (χ0n) is 15.9. The van der Waals surface area contributed by atoms with Crippen LogP contribution in [-0.2, 0) is 9.47 Å². The van der Waals surface area contributed by atoms with Crippen LogP contribution in [0.3, 0.4) is 0 Å². The molecule has 1 aromatic rings. The molecule has 3 aliphatic rings. The fourth-order valence-corrected chi connectivity index (χ4v) is 4.03. The summed E-state index contributed by atoms with van der Waals surface area (Å²) in [6, 6.07) is 3.93. The summed E-state index contributed by atoms with van der Waals surface area (Å²) >= 11 is 0. The van der Waals surface area contributed by atoms with E-state index in [4.69, 9.17) is 9.47 Å². The average Bonchev–Trinajstić information content (AvgIpc) is 3.04. The Balaban J connectivity index is 1.68. The number of morpholine rings is 1. The normalized spacial score (nSPS) is 20.9. The largest absolute Gasteiger partial charge is 0.384 e. The first-order chi connectivity index (χ1) is 13.2. The molecule has 2 aliphatic carbocycles. The van der Waals surface area contributed by atoms with Gasteiger partial charge >= 0.3 is 0 Å². The van der Waals surface area contributed by atoms with Gasteiger partial charge in [-0.3, -0.25) is 4.98 Å². The quantitative estimate of drug-likeness (QED) is 0.868. The maximum absolute atomic E-state index is 10.0. The highest BCUT2D eigenvalue weighted by Crippen LogP contribution is 2.42. The first-order valence-electron chi connectivity index (χ1n) is 9.48. The number of aromatic nitrogens is 1. The first kappa shape index (κ1) is 18.2. The highest BCUT2D eigenvalue weighted by molar-refractivity contribution is 5.91. The number of allylic oxidation sites excluding steroid dienone is 7. The second-order valence-electron chi connectivity index (χ2n) is 7.13. The van der Waals surface area contributed by atoms with Crippen LogP contribution in [0.1, 0.15) is 30.7 Å². The van der Waals surface area contributed by atoms with E-state index in [0.29, 0.717) is 5.69 Å². The summed E-state index contributed by atoms with van der Waals surface area (Å²) in [6.07, 6.45) is 8.91.